The van der Waals surface area contributed by atoms with Gasteiger partial charge in [0, 0.05) is 6.04 Å². The molecule has 1 aliphatic rings. The highest BCUT2D eigenvalue weighted by Gasteiger charge is 2.35. The molecule has 1 heteroatoms. The van der Waals surface area contributed by atoms with Crippen molar-refractivity contribution in [3.05, 3.63) is 34.9 Å². The number of rotatable bonds is 1. The second kappa shape index (κ2) is 5.28. The third-order valence-electron chi connectivity index (χ3n) is 5.17. The molecular formula is C18H29N. The van der Waals surface area contributed by atoms with E-state index in [1.165, 1.54) is 36.0 Å². The van der Waals surface area contributed by atoms with Crippen molar-refractivity contribution in [2.75, 3.05) is 0 Å². The van der Waals surface area contributed by atoms with E-state index in [1.54, 1.807) is 0 Å². The lowest BCUT2D eigenvalue weighted by Gasteiger charge is -2.41. The maximum Gasteiger partial charge on any atom is 0.0108 e. The van der Waals surface area contributed by atoms with Crippen molar-refractivity contribution >= 4 is 0 Å². The molecule has 3 atom stereocenters. The molecule has 3 unspecified atom stereocenters. The van der Waals surface area contributed by atoms with Gasteiger partial charge in [0.1, 0.15) is 0 Å². The lowest BCUT2D eigenvalue weighted by Crippen LogP contribution is -2.38. The highest BCUT2D eigenvalue weighted by molar-refractivity contribution is 5.36. The second-order valence-electron chi connectivity index (χ2n) is 7.44. The van der Waals surface area contributed by atoms with Crippen LogP contribution >= 0.6 is 0 Å². The van der Waals surface area contributed by atoms with E-state index in [-0.39, 0.29) is 0 Å². The monoisotopic (exact) mass is 259 g/mol. The first kappa shape index (κ1) is 14.6. The smallest absolute Gasteiger partial charge is 0.0108 e. The summed E-state index contributed by atoms with van der Waals surface area (Å²) < 4.78 is 0. The molecule has 0 saturated heterocycles. The van der Waals surface area contributed by atoms with Gasteiger partial charge in [0.2, 0.25) is 0 Å². The van der Waals surface area contributed by atoms with Crippen LogP contribution in [0.25, 0.3) is 0 Å². The van der Waals surface area contributed by atoms with E-state index < -0.39 is 0 Å². The fraction of sp³-hybridized carbons (Fsp3) is 0.667. The van der Waals surface area contributed by atoms with Crippen molar-refractivity contribution < 1.29 is 0 Å². The van der Waals surface area contributed by atoms with Crippen molar-refractivity contribution in [3.63, 3.8) is 0 Å². The molecule has 0 bridgehead atoms. The van der Waals surface area contributed by atoms with E-state index in [4.69, 9.17) is 5.73 Å². The SMILES string of the molecule is Cc1cccc(C2CC(C(C)(C)C)CCC2N)c1C. The molecule has 1 aliphatic carbocycles. The normalized spacial score (nSPS) is 28.4. The fourth-order valence-electron chi connectivity index (χ4n) is 3.51. The van der Waals surface area contributed by atoms with Crippen molar-refractivity contribution in [1.29, 1.82) is 0 Å². The first-order chi connectivity index (χ1) is 8.80. The lowest BCUT2D eigenvalue weighted by molar-refractivity contribution is 0.153. The van der Waals surface area contributed by atoms with Gasteiger partial charge in [-0.3, -0.25) is 0 Å². The maximum atomic E-state index is 6.44. The van der Waals surface area contributed by atoms with Gasteiger partial charge in [-0.25, -0.2) is 0 Å². The average molecular weight is 259 g/mol. The van der Waals surface area contributed by atoms with E-state index in [9.17, 15) is 0 Å². The highest BCUT2D eigenvalue weighted by atomic mass is 14.7. The molecule has 1 aromatic rings. The predicted octanol–water partition coefficient (Wildman–Crippen LogP) is 4.56. The Balaban J connectivity index is 2.29. The van der Waals surface area contributed by atoms with Gasteiger partial charge in [0.05, 0.1) is 0 Å². The van der Waals surface area contributed by atoms with Gasteiger partial charge in [0.25, 0.3) is 0 Å². The lowest BCUT2D eigenvalue weighted by atomic mass is 9.65. The zero-order chi connectivity index (χ0) is 14.2. The van der Waals surface area contributed by atoms with Crippen molar-refractivity contribution in [3.8, 4) is 0 Å². The molecule has 1 nitrogen and oxygen atoms in total. The fourth-order valence-corrected chi connectivity index (χ4v) is 3.51. The Kier molecular flexibility index (Phi) is 4.06. The molecule has 19 heavy (non-hydrogen) atoms. The van der Waals surface area contributed by atoms with Crippen LogP contribution in [0.2, 0.25) is 0 Å². The van der Waals surface area contributed by atoms with Crippen LogP contribution in [0, 0.1) is 25.2 Å². The van der Waals surface area contributed by atoms with E-state index in [0.717, 1.165) is 5.92 Å². The topological polar surface area (TPSA) is 26.0 Å². The largest absolute Gasteiger partial charge is 0.327 e. The van der Waals surface area contributed by atoms with E-state index in [1.807, 2.05) is 0 Å². The van der Waals surface area contributed by atoms with Crippen LogP contribution in [-0.2, 0) is 0 Å². The first-order valence-corrected chi connectivity index (χ1v) is 7.62. The molecule has 1 aromatic carbocycles. The molecule has 2 rings (SSSR count). The quantitative estimate of drug-likeness (QED) is 0.786. The van der Waals surface area contributed by atoms with E-state index >= 15 is 0 Å². The van der Waals surface area contributed by atoms with Crippen LogP contribution < -0.4 is 5.73 Å². The van der Waals surface area contributed by atoms with Crippen molar-refractivity contribution in [2.24, 2.45) is 17.1 Å². The number of hydrogen-bond acceptors (Lipinski definition) is 1. The third-order valence-corrected chi connectivity index (χ3v) is 5.17. The summed E-state index contributed by atoms with van der Waals surface area (Å²) >= 11 is 0. The van der Waals surface area contributed by atoms with Crippen LogP contribution in [0.15, 0.2) is 18.2 Å². The Morgan fingerprint density at radius 2 is 1.79 bits per heavy atom. The average Bonchev–Trinajstić information content (AvgIpc) is 2.32. The molecule has 1 saturated carbocycles. The van der Waals surface area contributed by atoms with Crippen molar-refractivity contribution in [1.82, 2.24) is 0 Å². The minimum Gasteiger partial charge on any atom is -0.327 e. The zero-order valence-corrected chi connectivity index (χ0v) is 13.2. The summed E-state index contributed by atoms with van der Waals surface area (Å²) in [5.74, 6) is 1.33. The van der Waals surface area contributed by atoms with E-state index in [2.05, 4.69) is 52.8 Å². The molecule has 2 N–H and O–H groups in total. The Labute approximate surface area is 118 Å². The molecule has 0 radical (unpaired) electrons. The van der Waals surface area contributed by atoms with Gasteiger partial charge < -0.3 is 5.73 Å². The molecule has 0 amide bonds. The zero-order valence-electron chi connectivity index (χ0n) is 13.2. The minimum absolute atomic E-state index is 0.332. The molecule has 106 valence electrons. The van der Waals surface area contributed by atoms with Crippen molar-refractivity contribution in [2.45, 2.75) is 65.8 Å². The molecule has 0 heterocycles. The van der Waals surface area contributed by atoms with Gasteiger partial charge in [-0.2, -0.15) is 0 Å². The van der Waals surface area contributed by atoms with E-state index in [0.29, 0.717) is 17.4 Å². The van der Waals surface area contributed by atoms with Gasteiger partial charge in [-0.15, -0.1) is 0 Å². The predicted molar refractivity (Wildman–Crippen MR) is 83.4 cm³/mol. The van der Waals surface area contributed by atoms with Crippen LogP contribution in [0.1, 0.15) is 62.6 Å². The summed E-state index contributed by atoms with van der Waals surface area (Å²) in [4.78, 5) is 0. The Hall–Kier alpha value is -0.820. The number of aryl methyl sites for hydroxylation is 1. The van der Waals surface area contributed by atoms with Gasteiger partial charge in [-0.05, 0) is 67.1 Å². The number of hydrogen-bond donors (Lipinski definition) is 1. The van der Waals surface area contributed by atoms with Gasteiger partial charge in [0.15, 0.2) is 0 Å². The molecule has 1 fully saturated rings. The van der Waals surface area contributed by atoms with Crippen LogP contribution in [-0.4, -0.2) is 6.04 Å². The maximum absolute atomic E-state index is 6.44. The number of nitrogens with two attached hydrogens (primary N) is 1. The standard InChI is InChI=1S/C18H29N/c1-12-7-6-8-15(13(12)2)16-11-14(18(3,4)5)9-10-17(16)19/h6-8,14,16-17H,9-11,19H2,1-5H3. The molecule has 0 aromatic heterocycles. The summed E-state index contributed by atoms with van der Waals surface area (Å²) in [6.07, 6.45) is 3.70. The summed E-state index contributed by atoms with van der Waals surface area (Å²) in [5, 5.41) is 0. The highest BCUT2D eigenvalue weighted by Crippen LogP contribution is 2.44. The summed E-state index contributed by atoms with van der Waals surface area (Å²) in [7, 11) is 0. The molecule has 0 spiro atoms. The summed E-state index contributed by atoms with van der Waals surface area (Å²) in [5.41, 5.74) is 11.2. The van der Waals surface area contributed by atoms with Gasteiger partial charge >= 0.3 is 0 Å². The number of benzene rings is 1. The molecule has 0 aliphatic heterocycles. The molecular weight excluding hydrogens is 230 g/mol. The van der Waals surface area contributed by atoms with Crippen LogP contribution in [0.3, 0.4) is 0 Å². The first-order valence-electron chi connectivity index (χ1n) is 7.62. The van der Waals surface area contributed by atoms with Crippen LogP contribution in [0.4, 0.5) is 0 Å². The minimum atomic E-state index is 0.332. The Morgan fingerprint density at radius 1 is 1.11 bits per heavy atom. The second-order valence-corrected chi connectivity index (χ2v) is 7.44. The Bertz CT molecular complexity index is 441. The van der Waals surface area contributed by atoms with Gasteiger partial charge in [-0.1, -0.05) is 39.0 Å². The summed E-state index contributed by atoms with van der Waals surface area (Å²) in [6, 6.07) is 7.01. The Morgan fingerprint density at radius 3 is 2.42 bits per heavy atom. The summed E-state index contributed by atoms with van der Waals surface area (Å²) in [6.45, 7) is 11.6. The van der Waals surface area contributed by atoms with Crippen LogP contribution in [0.5, 0.6) is 0 Å². The third kappa shape index (κ3) is 3.02.